The van der Waals surface area contributed by atoms with Crippen LogP contribution in [-0.2, 0) is 28.6 Å². The highest BCUT2D eigenvalue weighted by Gasteiger charge is 2.19. The fraction of sp³-hybridized carbons (Fsp3) is 0.534. The van der Waals surface area contributed by atoms with E-state index in [4.69, 9.17) is 14.2 Å². The topological polar surface area (TPSA) is 78.9 Å². The van der Waals surface area contributed by atoms with Gasteiger partial charge in [0.2, 0.25) is 0 Å². The van der Waals surface area contributed by atoms with Crippen molar-refractivity contribution in [1.29, 1.82) is 0 Å². The number of unbranched alkanes of at least 4 members (excludes halogenated alkanes) is 11. The maximum absolute atomic E-state index is 12.8. The molecule has 0 spiro atoms. The predicted octanol–water partition coefficient (Wildman–Crippen LogP) is 16.5. The molecule has 0 aromatic rings. The first-order valence-electron chi connectivity index (χ1n) is 24.9. The second-order valence-corrected chi connectivity index (χ2v) is 15.7. The number of rotatable bonds is 42. The lowest BCUT2D eigenvalue weighted by Crippen LogP contribution is -2.30. The molecule has 356 valence electrons. The molecule has 0 aromatic heterocycles. The zero-order chi connectivity index (χ0) is 46.5. The first-order valence-corrected chi connectivity index (χ1v) is 24.9. The quantitative estimate of drug-likeness (QED) is 0.0200. The molecule has 0 N–H and O–H groups in total. The summed E-state index contributed by atoms with van der Waals surface area (Å²) in [5.74, 6) is -1.08. The minimum atomic E-state index is -0.839. The summed E-state index contributed by atoms with van der Waals surface area (Å²) in [6.07, 6.45) is 72.7. The minimum Gasteiger partial charge on any atom is -0.462 e. The molecule has 0 aliphatic heterocycles. The summed E-state index contributed by atoms with van der Waals surface area (Å²) < 4.78 is 16.6. The number of esters is 3. The Bertz CT molecular complexity index is 1480. The maximum Gasteiger partial charge on any atom is 0.306 e. The van der Waals surface area contributed by atoms with Crippen LogP contribution < -0.4 is 0 Å². The van der Waals surface area contributed by atoms with Crippen LogP contribution in [0.3, 0.4) is 0 Å². The molecule has 0 heterocycles. The maximum atomic E-state index is 12.8. The normalized spacial score (nSPS) is 13.4. The molecule has 1 atom stereocenters. The predicted molar refractivity (Wildman–Crippen MR) is 274 cm³/mol. The molecule has 0 bridgehead atoms. The van der Waals surface area contributed by atoms with Crippen molar-refractivity contribution in [3.63, 3.8) is 0 Å². The average Bonchev–Trinajstić information content (AvgIpc) is 3.29. The second-order valence-electron chi connectivity index (χ2n) is 15.7. The number of hydrogen-bond donors (Lipinski definition) is 0. The molecule has 0 fully saturated rings. The van der Waals surface area contributed by atoms with Crippen LogP contribution in [-0.4, -0.2) is 37.2 Å². The van der Waals surface area contributed by atoms with Crippen molar-refractivity contribution in [2.24, 2.45) is 0 Å². The van der Waals surface area contributed by atoms with Gasteiger partial charge >= 0.3 is 17.9 Å². The van der Waals surface area contributed by atoms with Crippen molar-refractivity contribution < 1.29 is 28.6 Å². The molecule has 6 heteroatoms. The Kier molecular flexibility index (Phi) is 47.2. The summed E-state index contributed by atoms with van der Waals surface area (Å²) in [5, 5.41) is 0. The molecule has 64 heavy (non-hydrogen) atoms. The summed E-state index contributed by atoms with van der Waals surface area (Å²) in [7, 11) is 0. The van der Waals surface area contributed by atoms with E-state index < -0.39 is 6.10 Å². The van der Waals surface area contributed by atoms with E-state index >= 15 is 0 Å². The second kappa shape index (κ2) is 50.9. The van der Waals surface area contributed by atoms with Crippen LogP contribution in [0.15, 0.2) is 146 Å². The summed E-state index contributed by atoms with van der Waals surface area (Å²) in [6.45, 7) is 6.21. The lowest BCUT2D eigenvalue weighted by atomic mass is 10.1. The van der Waals surface area contributed by atoms with Gasteiger partial charge in [-0.1, -0.05) is 205 Å². The summed E-state index contributed by atoms with van der Waals surface area (Å²) in [5.41, 5.74) is 0. The Labute approximate surface area is 391 Å². The molecular weight excluding hydrogens is 793 g/mol. The van der Waals surface area contributed by atoms with E-state index in [-0.39, 0.29) is 44.0 Å². The van der Waals surface area contributed by atoms with E-state index in [0.717, 1.165) is 96.3 Å². The van der Waals surface area contributed by atoms with Crippen LogP contribution >= 0.6 is 0 Å². The van der Waals surface area contributed by atoms with Gasteiger partial charge in [-0.3, -0.25) is 14.4 Å². The van der Waals surface area contributed by atoms with Crippen molar-refractivity contribution in [2.45, 2.75) is 187 Å². The Balaban J connectivity index is 4.62. The molecule has 6 nitrogen and oxygen atoms in total. The van der Waals surface area contributed by atoms with Gasteiger partial charge in [0.05, 0.1) is 0 Å². The molecule has 0 aliphatic carbocycles. The average molecular weight is 881 g/mol. The van der Waals surface area contributed by atoms with Crippen LogP contribution in [0.1, 0.15) is 181 Å². The summed E-state index contributed by atoms with van der Waals surface area (Å²) >= 11 is 0. The molecule has 0 rings (SSSR count). The lowest BCUT2D eigenvalue weighted by Gasteiger charge is -2.18. The zero-order valence-corrected chi connectivity index (χ0v) is 40.5. The third-order valence-electron chi connectivity index (χ3n) is 9.70. The number of ether oxygens (including phenoxy) is 3. The van der Waals surface area contributed by atoms with Crippen molar-refractivity contribution in [1.82, 2.24) is 0 Å². The highest BCUT2D eigenvalue weighted by Crippen LogP contribution is 2.11. The highest BCUT2D eigenvalue weighted by molar-refractivity contribution is 5.71. The third kappa shape index (κ3) is 48.3. The Morgan fingerprint density at radius 3 is 1.25 bits per heavy atom. The standard InChI is InChI=1S/C58H88O6/c1-4-7-10-13-16-19-22-25-27-28-29-30-32-33-36-39-42-45-48-51-57(60)63-54-55(53-62-56(59)50-47-44-41-38-35-24-21-18-15-12-9-6-3)64-58(61)52-49-46-43-40-37-34-31-26-23-20-17-14-11-8-5-2/h7-8,10-11,14,16-21,23,25-27,29-31,33-34,36-37,42,45,55H,4-6,9,12-13,15,22,24,28,32,35,38-41,43-44,46-54H2,1-3H3/b10-7-,11-8-,17-14-,19-16-,21-18-,23-20-,27-25-,30-29-,31-26-,36-33-,37-34-,45-42-. The van der Waals surface area contributed by atoms with Gasteiger partial charge in [0.15, 0.2) is 6.10 Å². The van der Waals surface area contributed by atoms with Crippen molar-refractivity contribution in [3.05, 3.63) is 146 Å². The lowest BCUT2D eigenvalue weighted by molar-refractivity contribution is -0.166. The van der Waals surface area contributed by atoms with Gasteiger partial charge in [0, 0.05) is 19.3 Å². The van der Waals surface area contributed by atoms with Crippen LogP contribution in [0.25, 0.3) is 0 Å². The number of hydrogen-bond acceptors (Lipinski definition) is 6. The fourth-order valence-corrected chi connectivity index (χ4v) is 6.01. The number of carbonyl (C=O) groups is 3. The number of allylic oxidation sites excluding steroid dienone is 24. The van der Waals surface area contributed by atoms with Gasteiger partial charge in [-0.2, -0.15) is 0 Å². The molecule has 0 aliphatic rings. The van der Waals surface area contributed by atoms with Crippen LogP contribution in [0.2, 0.25) is 0 Å². The first-order chi connectivity index (χ1) is 31.5. The molecule has 0 amide bonds. The Morgan fingerprint density at radius 1 is 0.344 bits per heavy atom. The monoisotopic (exact) mass is 881 g/mol. The third-order valence-corrected chi connectivity index (χ3v) is 9.70. The smallest absolute Gasteiger partial charge is 0.306 e. The van der Waals surface area contributed by atoms with Gasteiger partial charge in [0.25, 0.3) is 0 Å². The zero-order valence-electron chi connectivity index (χ0n) is 40.5. The van der Waals surface area contributed by atoms with Crippen LogP contribution in [0.5, 0.6) is 0 Å². The molecule has 0 radical (unpaired) electrons. The van der Waals surface area contributed by atoms with Gasteiger partial charge in [-0.25, -0.2) is 0 Å². The largest absolute Gasteiger partial charge is 0.462 e. The minimum absolute atomic E-state index is 0.130. The van der Waals surface area contributed by atoms with Crippen molar-refractivity contribution >= 4 is 17.9 Å². The molecule has 0 saturated carbocycles. The van der Waals surface area contributed by atoms with E-state index in [0.29, 0.717) is 19.3 Å². The van der Waals surface area contributed by atoms with Crippen LogP contribution in [0.4, 0.5) is 0 Å². The van der Waals surface area contributed by atoms with Gasteiger partial charge in [-0.15, -0.1) is 0 Å². The summed E-state index contributed by atoms with van der Waals surface area (Å²) in [4.78, 5) is 37.9. The van der Waals surface area contributed by atoms with E-state index in [9.17, 15) is 14.4 Å². The van der Waals surface area contributed by atoms with E-state index in [1.165, 1.54) is 32.1 Å². The molecule has 1 unspecified atom stereocenters. The number of carbonyl (C=O) groups excluding carboxylic acids is 3. The van der Waals surface area contributed by atoms with E-state index in [1.54, 1.807) is 0 Å². The highest BCUT2D eigenvalue weighted by atomic mass is 16.6. The molecule has 0 aromatic carbocycles. The first kappa shape index (κ1) is 59.3. The summed E-state index contributed by atoms with van der Waals surface area (Å²) in [6, 6.07) is 0. The molecular formula is C58H88O6. The Hall–Kier alpha value is -4.71. The van der Waals surface area contributed by atoms with Gasteiger partial charge in [-0.05, 0) is 103 Å². The van der Waals surface area contributed by atoms with Crippen molar-refractivity contribution in [2.75, 3.05) is 13.2 Å². The van der Waals surface area contributed by atoms with Crippen molar-refractivity contribution in [3.8, 4) is 0 Å². The van der Waals surface area contributed by atoms with Crippen LogP contribution in [0, 0.1) is 0 Å². The fourth-order valence-electron chi connectivity index (χ4n) is 6.01. The Morgan fingerprint density at radius 2 is 0.719 bits per heavy atom. The van der Waals surface area contributed by atoms with E-state index in [2.05, 4.69) is 106 Å². The van der Waals surface area contributed by atoms with Gasteiger partial charge in [0.1, 0.15) is 13.2 Å². The molecule has 0 saturated heterocycles. The van der Waals surface area contributed by atoms with Gasteiger partial charge < -0.3 is 14.2 Å². The van der Waals surface area contributed by atoms with E-state index in [1.807, 2.05) is 60.8 Å². The SMILES string of the molecule is CC\C=C/C=C\C=C/C=C\C=C/CCCCCC(=O)OC(COC(=O)CC/C=C\C/C=C\C/C=C\C/C=C\C/C=C\C/C=C\CC)COC(=O)CCCCCCC/C=C\CCCCC.